The molecule has 0 bridgehead atoms. The maximum atomic E-state index is 13.7. The van der Waals surface area contributed by atoms with Gasteiger partial charge in [-0.1, -0.05) is 16.1 Å². The van der Waals surface area contributed by atoms with E-state index >= 15 is 0 Å². The minimum atomic E-state index is -0.898. The highest BCUT2D eigenvalue weighted by Gasteiger charge is 2.30. The molecule has 0 atom stereocenters. The molecule has 0 unspecified atom stereocenters. The van der Waals surface area contributed by atoms with Crippen LogP contribution in [0.4, 0.5) is 8.78 Å². The van der Waals surface area contributed by atoms with Gasteiger partial charge in [-0.15, -0.1) is 5.10 Å². The normalized spacial score (nSPS) is 15.1. The van der Waals surface area contributed by atoms with Crippen molar-refractivity contribution in [2.45, 2.75) is 19.4 Å². The zero-order chi connectivity index (χ0) is 18.7. The first-order valence-electron chi connectivity index (χ1n) is 7.83. The molecule has 2 heterocycles. The summed E-state index contributed by atoms with van der Waals surface area (Å²) in [6, 6.07) is 2.84. The van der Waals surface area contributed by atoms with E-state index in [0.717, 1.165) is 23.7 Å². The molecular weight excluding hydrogens is 388 g/mol. The Morgan fingerprint density at radius 1 is 1.31 bits per heavy atom. The highest BCUT2D eigenvalue weighted by atomic mass is 35.5. The Hall–Kier alpha value is -2.13. The summed E-state index contributed by atoms with van der Waals surface area (Å²) in [5.74, 6) is -2.91. The summed E-state index contributed by atoms with van der Waals surface area (Å²) in [7, 11) is 0. The first-order chi connectivity index (χ1) is 12.5. The third-order valence-electron chi connectivity index (χ3n) is 4.14. The lowest BCUT2D eigenvalue weighted by molar-refractivity contribution is -0.151. The van der Waals surface area contributed by atoms with Gasteiger partial charge in [0.05, 0.1) is 11.5 Å². The van der Waals surface area contributed by atoms with Gasteiger partial charge in [-0.3, -0.25) is 9.59 Å². The molecule has 1 aliphatic heterocycles. The number of halogens is 3. The van der Waals surface area contributed by atoms with E-state index in [-0.39, 0.29) is 31.2 Å². The number of piperidine rings is 1. The predicted molar refractivity (Wildman–Crippen MR) is 89.7 cm³/mol. The molecule has 0 saturated carbocycles. The quantitative estimate of drug-likeness (QED) is 0.736. The molecule has 0 N–H and O–H groups in total. The molecule has 0 aliphatic carbocycles. The van der Waals surface area contributed by atoms with Crippen molar-refractivity contribution in [2.24, 2.45) is 5.92 Å². The molecule has 3 rings (SSSR count). The van der Waals surface area contributed by atoms with Gasteiger partial charge in [0.25, 0.3) is 5.91 Å². The van der Waals surface area contributed by atoms with Gasteiger partial charge in [-0.2, -0.15) is 0 Å². The minimum Gasteiger partial charge on any atom is -0.459 e. The maximum Gasteiger partial charge on any atom is 0.309 e. The van der Waals surface area contributed by atoms with Crippen LogP contribution in [0.15, 0.2) is 18.2 Å². The van der Waals surface area contributed by atoms with E-state index < -0.39 is 23.5 Å². The molecule has 10 heteroatoms. The van der Waals surface area contributed by atoms with Crippen LogP contribution in [-0.4, -0.2) is 39.5 Å². The number of esters is 1. The number of benzene rings is 1. The van der Waals surface area contributed by atoms with E-state index in [0.29, 0.717) is 28.9 Å². The van der Waals surface area contributed by atoms with Crippen LogP contribution in [0.1, 0.15) is 28.9 Å². The summed E-state index contributed by atoms with van der Waals surface area (Å²) in [5, 5.41) is 3.76. The zero-order valence-corrected chi connectivity index (χ0v) is 15.0. The van der Waals surface area contributed by atoms with Gasteiger partial charge in [0.2, 0.25) is 0 Å². The summed E-state index contributed by atoms with van der Waals surface area (Å²) >= 11 is 6.86. The number of nitrogens with zero attached hydrogens (tertiary/aromatic N) is 3. The van der Waals surface area contributed by atoms with Gasteiger partial charge in [0.15, 0.2) is 0 Å². The molecule has 6 nitrogen and oxygen atoms in total. The Morgan fingerprint density at radius 2 is 2.04 bits per heavy atom. The van der Waals surface area contributed by atoms with Gasteiger partial charge in [0, 0.05) is 30.7 Å². The van der Waals surface area contributed by atoms with E-state index in [1.807, 2.05) is 0 Å². The summed E-state index contributed by atoms with van der Waals surface area (Å²) in [6.45, 7) is 0.525. The van der Waals surface area contributed by atoms with E-state index in [1.54, 1.807) is 0 Å². The van der Waals surface area contributed by atoms with Gasteiger partial charge in [-0.25, -0.2) is 8.78 Å². The summed E-state index contributed by atoms with van der Waals surface area (Å²) in [6.07, 6.45) is 0.798. The van der Waals surface area contributed by atoms with Crippen LogP contribution in [-0.2, 0) is 16.1 Å². The van der Waals surface area contributed by atoms with Gasteiger partial charge in [-0.05, 0) is 25.0 Å². The fourth-order valence-corrected chi connectivity index (χ4v) is 3.29. The average molecular weight is 402 g/mol. The molecule has 2 aromatic rings. The first-order valence-corrected chi connectivity index (χ1v) is 8.98. The maximum absolute atomic E-state index is 13.7. The lowest BCUT2D eigenvalue weighted by Gasteiger charge is -2.31. The van der Waals surface area contributed by atoms with Crippen LogP contribution in [0.3, 0.4) is 0 Å². The van der Waals surface area contributed by atoms with Crippen molar-refractivity contribution >= 4 is 35.0 Å². The van der Waals surface area contributed by atoms with Gasteiger partial charge < -0.3 is 9.64 Å². The number of likely N-dealkylation sites (tertiary alicyclic amines) is 1. The molecule has 138 valence electrons. The number of rotatable bonds is 4. The van der Waals surface area contributed by atoms with E-state index in [1.165, 1.54) is 4.90 Å². The molecule has 1 aliphatic rings. The fourth-order valence-electron chi connectivity index (χ4n) is 2.69. The predicted octanol–water partition coefficient (Wildman–Crippen LogP) is 3.07. The van der Waals surface area contributed by atoms with E-state index in [9.17, 15) is 18.4 Å². The second-order valence-electron chi connectivity index (χ2n) is 5.79. The number of carbonyl (C=O) groups excluding carboxylic acids is 2. The van der Waals surface area contributed by atoms with Crippen LogP contribution in [0.2, 0.25) is 4.34 Å². The Kier molecular flexibility index (Phi) is 5.77. The summed E-state index contributed by atoms with van der Waals surface area (Å²) in [5.41, 5.74) is 0.225. The topological polar surface area (TPSA) is 72.4 Å². The second kappa shape index (κ2) is 8.05. The number of amides is 1. The fraction of sp³-hybridized carbons (Fsp3) is 0.375. The molecule has 1 aromatic carbocycles. The van der Waals surface area contributed by atoms with Crippen molar-refractivity contribution in [2.75, 3.05) is 13.1 Å². The number of hydrogen-bond donors (Lipinski definition) is 0. The van der Waals surface area contributed by atoms with Crippen LogP contribution in [0.25, 0.3) is 0 Å². The monoisotopic (exact) mass is 401 g/mol. The third kappa shape index (κ3) is 4.16. The van der Waals surface area contributed by atoms with Gasteiger partial charge in [0.1, 0.15) is 28.3 Å². The Labute approximate surface area is 156 Å². The smallest absolute Gasteiger partial charge is 0.309 e. The average Bonchev–Trinajstić information content (AvgIpc) is 3.04. The molecule has 1 fully saturated rings. The summed E-state index contributed by atoms with van der Waals surface area (Å²) in [4.78, 5) is 25.9. The Bertz CT molecular complexity index is 825. The van der Waals surface area contributed by atoms with Crippen LogP contribution < -0.4 is 0 Å². The molecule has 26 heavy (non-hydrogen) atoms. The SMILES string of the molecule is O=C(OCc1nnsc1Cl)C1CCN(C(=O)c2ccc(F)cc2F)CC1. The summed E-state index contributed by atoms with van der Waals surface area (Å²) < 4.78 is 35.9. The van der Waals surface area contributed by atoms with E-state index in [4.69, 9.17) is 16.3 Å². The molecule has 1 saturated heterocycles. The molecular formula is C16H14ClF2N3O3S. The second-order valence-corrected chi connectivity index (χ2v) is 7.15. The standard InChI is InChI=1S/C16H14ClF2N3O3S/c17-14-13(20-21-26-14)8-25-16(24)9-3-5-22(6-4-9)15(23)11-2-1-10(18)7-12(11)19/h1-2,7,9H,3-6,8H2. The molecule has 0 radical (unpaired) electrons. The minimum absolute atomic E-state index is 0.0475. The van der Waals surface area contributed by atoms with Crippen molar-refractivity contribution in [3.05, 3.63) is 45.4 Å². The number of ether oxygens (including phenoxy) is 1. The van der Waals surface area contributed by atoms with Crippen LogP contribution in [0.5, 0.6) is 0 Å². The van der Waals surface area contributed by atoms with Crippen molar-refractivity contribution in [3.8, 4) is 0 Å². The van der Waals surface area contributed by atoms with Crippen molar-refractivity contribution in [3.63, 3.8) is 0 Å². The Balaban J connectivity index is 1.52. The highest BCUT2D eigenvalue weighted by Crippen LogP contribution is 2.23. The van der Waals surface area contributed by atoms with Crippen LogP contribution >= 0.6 is 23.1 Å². The number of aromatic nitrogens is 2. The van der Waals surface area contributed by atoms with E-state index in [2.05, 4.69) is 9.59 Å². The molecule has 1 amide bonds. The Morgan fingerprint density at radius 3 is 2.65 bits per heavy atom. The lowest BCUT2D eigenvalue weighted by Crippen LogP contribution is -2.41. The number of hydrogen-bond acceptors (Lipinski definition) is 6. The number of carbonyl (C=O) groups is 2. The van der Waals surface area contributed by atoms with Gasteiger partial charge >= 0.3 is 5.97 Å². The highest BCUT2D eigenvalue weighted by molar-refractivity contribution is 7.10. The third-order valence-corrected chi connectivity index (χ3v) is 5.12. The van der Waals surface area contributed by atoms with Crippen molar-refractivity contribution in [1.29, 1.82) is 0 Å². The van der Waals surface area contributed by atoms with Crippen molar-refractivity contribution in [1.82, 2.24) is 14.5 Å². The van der Waals surface area contributed by atoms with Crippen LogP contribution in [0, 0.1) is 17.6 Å². The zero-order valence-electron chi connectivity index (χ0n) is 13.5. The lowest BCUT2D eigenvalue weighted by atomic mass is 9.96. The largest absolute Gasteiger partial charge is 0.459 e. The first kappa shape index (κ1) is 18.7. The van der Waals surface area contributed by atoms with Crippen molar-refractivity contribution < 1.29 is 23.1 Å². The molecule has 0 spiro atoms. The molecule has 1 aromatic heterocycles.